The van der Waals surface area contributed by atoms with E-state index < -0.39 is 26.5 Å². The summed E-state index contributed by atoms with van der Waals surface area (Å²) in [5.41, 5.74) is -3.78. The smallest absolute Gasteiger partial charge is 0.485 e. The number of halogens is 3. The van der Waals surface area contributed by atoms with Gasteiger partial charge in [-0.05, 0) is 18.2 Å². The van der Waals surface area contributed by atoms with Gasteiger partial charge < -0.3 is 9.29 Å². The number of esters is 1. The van der Waals surface area contributed by atoms with Gasteiger partial charge in [-0.2, -0.15) is 17.7 Å². The summed E-state index contributed by atoms with van der Waals surface area (Å²) in [5, 5.41) is 12.7. The molecule has 0 fully saturated rings. The number of rotatable bonds is 3. The number of ether oxygens (including phenoxy) is 1. The van der Waals surface area contributed by atoms with Crippen molar-refractivity contribution < 1.29 is 45.2 Å². The average molecular weight is 508 g/mol. The molecule has 0 saturated heterocycles. The van der Waals surface area contributed by atoms with Crippen LogP contribution in [0.4, 0.5) is 18.9 Å². The molecule has 0 amide bonds. The van der Waals surface area contributed by atoms with Crippen molar-refractivity contribution in [3.63, 3.8) is 0 Å². The number of nitro benzene ring substituents is 1. The third-order valence-electron chi connectivity index (χ3n) is 4.82. The number of hydrogen-bond donors (Lipinski definition) is 0. The van der Waals surface area contributed by atoms with Crippen molar-refractivity contribution in [2.75, 3.05) is 0 Å². The van der Waals surface area contributed by atoms with E-state index in [1.807, 2.05) is 60.1 Å². The van der Waals surface area contributed by atoms with Gasteiger partial charge in [-0.15, -0.1) is 0 Å². The van der Waals surface area contributed by atoms with E-state index >= 15 is 0 Å². The monoisotopic (exact) mass is 508 g/mol. The lowest BCUT2D eigenvalue weighted by atomic mass is 10.0. The molecule has 3 aromatic carbocycles. The number of carbonyl (C=O) groups excluding carboxylic acids is 1. The maximum absolute atomic E-state index is 13.1. The number of aromatic nitrogens is 1. The SMILES string of the molecule is C[n+]1c2ccccc2c(C(=O)Oc2ccccc2[N+](=O)[O-])c2ccccc21.O=S(=O)([O-])C(F)(F)F. The lowest BCUT2D eigenvalue weighted by molar-refractivity contribution is -0.617. The highest BCUT2D eigenvalue weighted by atomic mass is 32.2. The van der Waals surface area contributed by atoms with Crippen molar-refractivity contribution in [3.05, 3.63) is 88.5 Å². The predicted octanol–water partition coefficient (Wildman–Crippen LogP) is 4.00. The summed E-state index contributed by atoms with van der Waals surface area (Å²) < 4.78 is 66.4. The Bertz CT molecular complexity index is 1500. The van der Waals surface area contributed by atoms with Gasteiger partial charge in [0.05, 0.1) is 21.3 Å². The first-order valence-electron chi connectivity index (χ1n) is 9.60. The van der Waals surface area contributed by atoms with Gasteiger partial charge in [-0.1, -0.05) is 36.4 Å². The number of alkyl halides is 3. The fourth-order valence-corrected chi connectivity index (χ4v) is 3.30. The van der Waals surface area contributed by atoms with Crippen LogP contribution in [0.1, 0.15) is 10.4 Å². The lowest BCUT2D eigenvalue weighted by Gasteiger charge is -2.10. The Labute approximate surface area is 195 Å². The van der Waals surface area contributed by atoms with E-state index in [1.165, 1.54) is 18.2 Å². The molecule has 9 nitrogen and oxygen atoms in total. The largest absolute Gasteiger partial charge is 0.741 e. The second-order valence-electron chi connectivity index (χ2n) is 6.98. The molecule has 0 radical (unpaired) electrons. The van der Waals surface area contributed by atoms with E-state index in [0.717, 1.165) is 21.8 Å². The zero-order valence-corrected chi connectivity index (χ0v) is 18.5. The molecule has 0 aliphatic rings. The van der Waals surface area contributed by atoms with Gasteiger partial charge in [0.1, 0.15) is 7.05 Å². The zero-order chi connectivity index (χ0) is 26.0. The Kier molecular flexibility index (Phi) is 7.03. The number of fused-ring (bicyclic) bond motifs is 2. The third kappa shape index (κ3) is 5.36. The van der Waals surface area contributed by atoms with Gasteiger partial charge in [0.2, 0.25) is 16.8 Å². The number of hydrogen-bond acceptors (Lipinski definition) is 7. The maximum Gasteiger partial charge on any atom is 0.485 e. The molecule has 1 heterocycles. The highest BCUT2D eigenvalue weighted by molar-refractivity contribution is 7.86. The van der Waals surface area contributed by atoms with Crippen LogP contribution in [0.15, 0.2) is 72.8 Å². The van der Waals surface area contributed by atoms with Crippen LogP contribution < -0.4 is 9.30 Å². The lowest BCUT2D eigenvalue weighted by Crippen LogP contribution is -2.31. The van der Waals surface area contributed by atoms with Crippen LogP contribution in [0.5, 0.6) is 5.75 Å². The van der Waals surface area contributed by atoms with E-state index in [9.17, 15) is 28.1 Å². The van der Waals surface area contributed by atoms with Crippen LogP contribution >= 0.6 is 0 Å². The average Bonchev–Trinajstić information content (AvgIpc) is 2.79. The van der Waals surface area contributed by atoms with Gasteiger partial charge in [-0.3, -0.25) is 10.1 Å². The minimum Gasteiger partial charge on any atom is -0.741 e. The van der Waals surface area contributed by atoms with Gasteiger partial charge in [0.25, 0.3) is 0 Å². The van der Waals surface area contributed by atoms with Crippen LogP contribution in [-0.2, 0) is 17.2 Å². The maximum atomic E-state index is 13.1. The van der Waals surface area contributed by atoms with E-state index in [1.54, 1.807) is 6.07 Å². The van der Waals surface area contributed by atoms with Crippen molar-refractivity contribution in [2.45, 2.75) is 5.51 Å². The first-order chi connectivity index (χ1) is 16.3. The summed E-state index contributed by atoms with van der Waals surface area (Å²) in [7, 11) is -4.16. The van der Waals surface area contributed by atoms with Gasteiger partial charge in [0.15, 0.2) is 10.1 Å². The summed E-state index contributed by atoms with van der Waals surface area (Å²) >= 11 is 0. The van der Waals surface area contributed by atoms with Crippen LogP contribution in [0, 0.1) is 10.1 Å². The Balaban J connectivity index is 0.000000371. The van der Waals surface area contributed by atoms with E-state index in [4.69, 9.17) is 17.7 Å². The molecule has 35 heavy (non-hydrogen) atoms. The zero-order valence-electron chi connectivity index (χ0n) is 17.7. The normalized spacial score (nSPS) is 11.6. The number of aryl methyl sites for hydroxylation is 1. The molecule has 1 aromatic heterocycles. The number of benzene rings is 3. The highest BCUT2D eigenvalue weighted by Gasteiger charge is 2.37. The molecule has 0 saturated carbocycles. The van der Waals surface area contributed by atoms with Crippen molar-refractivity contribution in [1.82, 2.24) is 0 Å². The van der Waals surface area contributed by atoms with Gasteiger partial charge >= 0.3 is 17.2 Å². The minimum absolute atomic E-state index is 0.0751. The fraction of sp³-hybridized carbons (Fsp3) is 0.0909. The molecule has 182 valence electrons. The first kappa shape index (κ1) is 25.5. The van der Waals surface area contributed by atoms with Crippen molar-refractivity contribution in [1.29, 1.82) is 0 Å². The number of para-hydroxylation sites is 4. The number of nitro groups is 1. The molecule has 0 unspecified atom stereocenters. The molecule has 4 aromatic rings. The van der Waals surface area contributed by atoms with Gasteiger partial charge in [-0.25, -0.2) is 13.2 Å². The summed E-state index contributed by atoms with van der Waals surface area (Å²) in [5.74, 6) is -0.703. The number of nitrogens with zero attached hydrogens (tertiary/aromatic N) is 2. The van der Waals surface area contributed by atoms with Crippen molar-refractivity contribution in [3.8, 4) is 5.75 Å². The quantitative estimate of drug-likeness (QED) is 0.0598. The van der Waals surface area contributed by atoms with E-state index in [2.05, 4.69) is 0 Å². The molecule has 0 N–H and O–H groups in total. The Hall–Kier alpha value is -4.10. The Morgan fingerprint density at radius 2 is 1.34 bits per heavy atom. The summed E-state index contributed by atoms with van der Waals surface area (Å²) in [6.07, 6.45) is 0. The second kappa shape index (κ2) is 9.64. The molecule has 0 aliphatic carbocycles. The van der Waals surface area contributed by atoms with Crippen LogP contribution in [0.2, 0.25) is 0 Å². The Morgan fingerprint density at radius 1 is 0.914 bits per heavy atom. The first-order valence-corrected chi connectivity index (χ1v) is 11.0. The van der Waals surface area contributed by atoms with Crippen LogP contribution in [-0.4, -0.2) is 29.4 Å². The summed E-state index contributed by atoms with van der Waals surface area (Å²) in [6, 6.07) is 20.9. The molecular formula is C22H15F3N2O7S. The molecule has 0 spiro atoms. The number of carbonyl (C=O) groups is 1. The Morgan fingerprint density at radius 3 is 1.80 bits per heavy atom. The van der Waals surface area contributed by atoms with E-state index in [0.29, 0.717) is 5.56 Å². The third-order valence-corrected chi connectivity index (χ3v) is 5.39. The highest BCUT2D eigenvalue weighted by Crippen LogP contribution is 2.30. The molecule has 4 rings (SSSR count). The molecule has 0 atom stereocenters. The standard InChI is InChI=1S/C21H15N2O4.CHF3O3S/c1-22-16-10-4-2-8-14(16)20(15-9-3-5-11-17(15)22)21(24)27-19-13-7-6-12-18(19)23(25)26;2-1(3,4)8(5,6)7/h2-13H,1H3;(H,5,6,7)/q+1;/p-1. The topological polar surface area (TPSA) is 131 Å². The molecule has 13 heteroatoms. The summed E-state index contributed by atoms with van der Waals surface area (Å²) in [4.78, 5) is 23.7. The molecule has 0 aliphatic heterocycles. The molecule has 0 bridgehead atoms. The fourth-order valence-electron chi connectivity index (χ4n) is 3.30. The minimum atomic E-state index is -6.09. The van der Waals surface area contributed by atoms with Crippen molar-refractivity contribution in [2.24, 2.45) is 7.05 Å². The summed E-state index contributed by atoms with van der Waals surface area (Å²) in [6.45, 7) is 0. The van der Waals surface area contributed by atoms with Crippen molar-refractivity contribution >= 4 is 43.6 Å². The number of pyridine rings is 1. The van der Waals surface area contributed by atoms with Crippen LogP contribution in [0.25, 0.3) is 21.8 Å². The van der Waals surface area contributed by atoms with E-state index in [-0.39, 0.29) is 11.4 Å². The second-order valence-corrected chi connectivity index (χ2v) is 8.35. The molecular weight excluding hydrogens is 493 g/mol. The van der Waals surface area contributed by atoms with Gasteiger partial charge in [0, 0.05) is 18.2 Å². The van der Waals surface area contributed by atoms with Crippen LogP contribution in [0.3, 0.4) is 0 Å². The predicted molar refractivity (Wildman–Crippen MR) is 116 cm³/mol.